The Hall–Kier alpha value is -4.06. The number of carbonyl (C=O) groups excluding carboxylic acids is 3. The molecule has 4 heterocycles. The van der Waals surface area contributed by atoms with Crippen LogP contribution in [0.1, 0.15) is 46.2 Å². The molecule has 17 heteroatoms. The minimum Gasteiger partial charge on any atom is -0.465 e. The van der Waals surface area contributed by atoms with Gasteiger partial charge in [-0.3, -0.25) is 14.4 Å². The van der Waals surface area contributed by atoms with Crippen molar-refractivity contribution >= 4 is 55.9 Å². The van der Waals surface area contributed by atoms with Crippen molar-refractivity contribution in [2.75, 3.05) is 32.8 Å². The molecular weight excluding hydrogens is 612 g/mol. The van der Waals surface area contributed by atoms with Crippen LogP contribution in [0.15, 0.2) is 35.7 Å². The molecular formula is C27H34N8O7S2. The van der Waals surface area contributed by atoms with E-state index in [2.05, 4.69) is 20.8 Å². The van der Waals surface area contributed by atoms with Crippen molar-refractivity contribution in [1.29, 1.82) is 0 Å². The zero-order valence-electron chi connectivity index (χ0n) is 24.2. The standard InChI is InChI=1S/C27H34N8O7S2/c1-3-42-24(37)12-30-23(36)10-20-15-33(6-7-35(20)27(38)26-31-21-8-16(2)29-11-22(21)43-26)44(40,41)34-13-18-5-4-17(25(28)32-39)9-19(18)14-34/h4-5,9,13-14,16,20,29,39H,3,6-8,10-12,15H2,1-2H3,(H2,28,32)(H,30,36). The van der Waals surface area contributed by atoms with Gasteiger partial charge in [0.1, 0.15) is 6.54 Å². The SMILES string of the molecule is CCOC(=O)CNC(=O)CC1CN(S(=O)(=O)n2cc3ccc(C(N)=NO)cc3c2)CCN1C(=O)c1nc2c(s1)CNC(C)C2. The van der Waals surface area contributed by atoms with E-state index >= 15 is 0 Å². The molecule has 2 aromatic heterocycles. The van der Waals surface area contributed by atoms with Crippen LogP contribution in [0.3, 0.4) is 0 Å². The highest BCUT2D eigenvalue weighted by atomic mass is 32.2. The Balaban J connectivity index is 1.39. The Morgan fingerprint density at radius 3 is 2.77 bits per heavy atom. The molecule has 0 spiro atoms. The average Bonchev–Trinajstić information content (AvgIpc) is 3.63. The van der Waals surface area contributed by atoms with Gasteiger partial charge in [0.25, 0.3) is 5.91 Å². The van der Waals surface area contributed by atoms with E-state index in [0.29, 0.717) is 29.3 Å². The summed E-state index contributed by atoms with van der Waals surface area (Å²) in [5, 5.41) is 19.3. The maximum Gasteiger partial charge on any atom is 0.325 e. The number of amidine groups is 1. The molecule has 1 fully saturated rings. The molecule has 3 aromatic rings. The molecule has 0 aliphatic carbocycles. The largest absolute Gasteiger partial charge is 0.465 e. The molecule has 2 amide bonds. The number of carbonyl (C=O) groups is 3. The Morgan fingerprint density at radius 2 is 2.02 bits per heavy atom. The van der Waals surface area contributed by atoms with E-state index in [1.165, 1.54) is 32.9 Å². The van der Waals surface area contributed by atoms with Gasteiger partial charge < -0.3 is 31.2 Å². The minimum absolute atomic E-state index is 0.0113. The predicted molar refractivity (Wildman–Crippen MR) is 162 cm³/mol. The smallest absolute Gasteiger partial charge is 0.325 e. The number of ether oxygens (including phenoxy) is 1. The highest BCUT2D eigenvalue weighted by Gasteiger charge is 2.39. The predicted octanol–water partition coefficient (Wildman–Crippen LogP) is 0.215. The number of nitrogens with two attached hydrogens (primary N) is 1. The molecule has 1 saturated heterocycles. The summed E-state index contributed by atoms with van der Waals surface area (Å²) in [5.74, 6) is -1.62. The van der Waals surface area contributed by atoms with Gasteiger partial charge >= 0.3 is 16.2 Å². The number of amides is 2. The lowest BCUT2D eigenvalue weighted by Gasteiger charge is -2.40. The van der Waals surface area contributed by atoms with Gasteiger partial charge in [-0.05, 0) is 19.9 Å². The van der Waals surface area contributed by atoms with Gasteiger partial charge in [0, 0.05) is 78.7 Å². The molecule has 2 unspecified atom stereocenters. The summed E-state index contributed by atoms with van der Waals surface area (Å²) in [6.07, 6.45) is 3.33. The Morgan fingerprint density at radius 1 is 1.25 bits per heavy atom. The maximum absolute atomic E-state index is 13.8. The summed E-state index contributed by atoms with van der Waals surface area (Å²) in [5.41, 5.74) is 6.97. The van der Waals surface area contributed by atoms with Gasteiger partial charge in [-0.25, -0.2) is 8.96 Å². The van der Waals surface area contributed by atoms with Gasteiger partial charge in [0.2, 0.25) is 5.91 Å². The normalized spacial score (nSPS) is 19.5. The van der Waals surface area contributed by atoms with Crippen molar-refractivity contribution in [3.8, 4) is 0 Å². The van der Waals surface area contributed by atoms with Gasteiger partial charge in [-0.1, -0.05) is 17.3 Å². The topological polar surface area (TPSA) is 202 Å². The van der Waals surface area contributed by atoms with Gasteiger partial charge in [-0.15, -0.1) is 11.3 Å². The average molecular weight is 647 g/mol. The minimum atomic E-state index is -4.11. The number of benzene rings is 1. The highest BCUT2D eigenvalue weighted by Crippen LogP contribution is 2.27. The lowest BCUT2D eigenvalue weighted by atomic mass is 10.1. The van der Waals surface area contributed by atoms with E-state index in [1.54, 1.807) is 25.1 Å². The third-order valence-electron chi connectivity index (χ3n) is 7.55. The number of rotatable bonds is 9. The number of nitrogens with one attached hydrogen (secondary N) is 2. The summed E-state index contributed by atoms with van der Waals surface area (Å²) >= 11 is 1.29. The number of esters is 1. The van der Waals surface area contributed by atoms with Crippen LogP contribution < -0.4 is 16.4 Å². The number of piperazine rings is 1. The third-order valence-corrected chi connectivity index (χ3v) is 10.4. The summed E-state index contributed by atoms with van der Waals surface area (Å²) in [4.78, 5) is 45.5. The van der Waals surface area contributed by atoms with Crippen molar-refractivity contribution in [3.05, 3.63) is 51.7 Å². The van der Waals surface area contributed by atoms with Crippen molar-refractivity contribution in [3.63, 3.8) is 0 Å². The monoisotopic (exact) mass is 646 g/mol. The molecule has 0 saturated carbocycles. The van der Waals surface area contributed by atoms with Gasteiger partial charge in [-0.2, -0.15) is 12.7 Å². The number of oxime groups is 1. The van der Waals surface area contributed by atoms with Gasteiger partial charge in [0.15, 0.2) is 10.8 Å². The quantitative estimate of drug-likeness (QED) is 0.0819. The number of nitrogens with zero attached hydrogens (tertiary/aromatic N) is 5. The number of aromatic nitrogens is 2. The number of hydrogen-bond donors (Lipinski definition) is 4. The van der Waals surface area contributed by atoms with E-state index in [4.69, 9.17) is 15.7 Å². The van der Waals surface area contributed by atoms with Crippen LogP contribution in [0, 0.1) is 0 Å². The van der Waals surface area contributed by atoms with Crippen molar-refractivity contribution in [2.45, 2.75) is 45.3 Å². The molecule has 0 bridgehead atoms. The second kappa shape index (κ2) is 12.9. The Labute approximate surface area is 257 Å². The van der Waals surface area contributed by atoms with Crippen LogP contribution in [0.4, 0.5) is 0 Å². The van der Waals surface area contributed by atoms with Crippen LogP contribution >= 0.6 is 11.3 Å². The zero-order valence-corrected chi connectivity index (χ0v) is 25.9. The second-order valence-corrected chi connectivity index (χ2v) is 13.5. The van der Waals surface area contributed by atoms with Crippen molar-refractivity contribution < 1.29 is 32.7 Å². The summed E-state index contributed by atoms with van der Waals surface area (Å²) < 4.78 is 34.7. The molecule has 1 aromatic carbocycles. The summed E-state index contributed by atoms with van der Waals surface area (Å²) in [6, 6.07) is 4.27. The first-order valence-corrected chi connectivity index (χ1v) is 16.3. The van der Waals surface area contributed by atoms with Crippen LogP contribution in [-0.4, -0.2) is 100 Å². The summed E-state index contributed by atoms with van der Waals surface area (Å²) in [7, 11) is -4.11. The Kier molecular flexibility index (Phi) is 9.19. The fourth-order valence-corrected chi connectivity index (χ4v) is 7.70. The van der Waals surface area contributed by atoms with Crippen LogP contribution in [-0.2, 0) is 37.5 Å². The van der Waals surface area contributed by atoms with Crippen LogP contribution in [0.5, 0.6) is 0 Å². The molecule has 2 atom stereocenters. The number of hydrogen-bond acceptors (Lipinski definition) is 11. The third kappa shape index (κ3) is 6.54. The second-order valence-electron chi connectivity index (χ2n) is 10.6. The highest BCUT2D eigenvalue weighted by molar-refractivity contribution is 7.87. The van der Waals surface area contributed by atoms with E-state index in [9.17, 15) is 22.8 Å². The first-order valence-electron chi connectivity index (χ1n) is 14.1. The maximum atomic E-state index is 13.8. The fourth-order valence-electron chi connectivity index (χ4n) is 5.27. The first kappa shape index (κ1) is 31.4. The molecule has 0 radical (unpaired) electrons. The molecule has 15 nitrogen and oxygen atoms in total. The fraction of sp³-hybridized carbons (Fsp3) is 0.444. The molecule has 2 aliphatic heterocycles. The first-order chi connectivity index (χ1) is 21.0. The Bertz CT molecular complexity index is 1720. The molecule has 2 aliphatic rings. The van der Waals surface area contributed by atoms with E-state index in [-0.39, 0.29) is 62.0 Å². The zero-order chi connectivity index (χ0) is 31.6. The molecule has 44 heavy (non-hydrogen) atoms. The summed E-state index contributed by atoms with van der Waals surface area (Å²) in [6.45, 7) is 3.98. The van der Waals surface area contributed by atoms with Gasteiger partial charge in [0.05, 0.1) is 18.3 Å². The van der Waals surface area contributed by atoms with Crippen molar-refractivity contribution in [2.24, 2.45) is 10.9 Å². The van der Waals surface area contributed by atoms with Crippen molar-refractivity contribution in [1.82, 2.24) is 28.8 Å². The lowest BCUT2D eigenvalue weighted by Crippen LogP contribution is -2.58. The van der Waals surface area contributed by atoms with E-state index < -0.39 is 28.1 Å². The van der Waals surface area contributed by atoms with E-state index in [1.807, 2.05) is 6.92 Å². The molecule has 236 valence electrons. The molecule has 5 rings (SSSR count). The number of thiazole rings is 1. The number of fused-ring (bicyclic) bond motifs is 2. The lowest BCUT2D eigenvalue weighted by molar-refractivity contribution is -0.143. The van der Waals surface area contributed by atoms with Crippen LogP contribution in [0.2, 0.25) is 0 Å². The van der Waals surface area contributed by atoms with Crippen LogP contribution in [0.25, 0.3) is 10.8 Å². The van der Waals surface area contributed by atoms with E-state index in [0.717, 1.165) is 14.5 Å². The molecule has 5 N–H and O–H groups in total.